The number of fused-ring (bicyclic) bond motifs is 2. The van der Waals surface area contributed by atoms with Crippen LogP contribution in [0.3, 0.4) is 0 Å². The summed E-state index contributed by atoms with van der Waals surface area (Å²) in [5, 5.41) is 10.6. The van der Waals surface area contributed by atoms with Crippen molar-refractivity contribution in [1.82, 2.24) is 0 Å². The van der Waals surface area contributed by atoms with Crippen LogP contribution in [0.4, 0.5) is 0 Å². The second-order valence-electron chi connectivity index (χ2n) is 6.23. The van der Waals surface area contributed by atoms with Crippen LogP contribution in [0.5, 0.6) is 0 Å². The van der Waals surface area contributed by atoms with E-state index in [-0.39, 0.29) is 23.8 Å². The van der Waals surface area contributed by atoms with E-state index in [2.05, 4.69) is 18.8 Å². The zero-order valence-electron chi connectivity index (χ0n) is 11.7. The van der Waals surface area contributed by atoms with Gasteiger partial charge in [0.15, 0.2) is 0 Å². The molecule has 18 heavy (non-hydrogen) atoms. The number of hydrogen-bond acceptors (Lipinski definition) is 4. The lowest BCUT2D eigenvalue weighted by Crippen LogP contribution is -2.64. The minimum absolute atomic E-state index is 0.0270. The summed E-state index contributed by atoms with van der Waals surface area (Å²) in [6.45, 7) is 8.43. The number of esters is 1. The summed E-state index contributed by atoms with van der Waals surface area (Å²) in [5.74, 6) is 0.521. The van der Waals surface area contributed by atoms with E-state index in [0.29, 0.717) is 12.5 Å². The van der Waals surface area contributed by atoms with Crippen LogP contribution in [0.2, 0.25) is 0 Å². The Kier molecular flexibility index (Phi) is 3.26. The molecule has 0 unspecified atom stereocenters. The maximum Gasteiger partial charge on any atom is 0.327 e. The molecule has 3 aliphatic carbocycles. The third-order valence-corrected chi connectivity index (χ3v) is 4.88. The average molecular weight is 253 g/mol. The van der Waals surface area contributed by atoms with Gasteiger partial charge in [-0.25, -0.2) is 0 Å². The van der Waals surface area contributed by atoms with Crippen molar-refractivity contribution < 1.29 is 14.6 Å². The molecular weight excluding hydrogens is 230 g/mol. The maximum atomic E-state index is 11.3. The van der Waals surface area contributed by atoms with E-state index in [1.807, 2.05) is 6.92 Å². The Morgan fingerprint density at radius 3 is 2.67 bits per heavy atom. The number of aliphatic hydroxyl groups is 1. The second-order valence-corrected chi connectivity index (χ2v) is 6.23. The van der Waals surface area contributed by atoms with Gasteiger partial charge in [0, 0.05) is 5.71 Å². The van der Waals surface area contributed by atoms with Gasteiger partial charge in [-0.15, -0.1) is 0 Å². The normalized spacial score (nSPS) is 39.3. The monoisotopic (exact) mass is 253 g/mol. The number of ether oxygens (including phenoxy) is 1. The van der Waals surface area contributed by atoms with Gasteiger partial charge in [-0.1, -0.05) is 13.8 Å². The lowest BCUT2D eigenvalue weighted by atomic mass is 9.44. The zero-order chi connectivity index (χ0) is 13.6. The van der Waals surface area contributed by atoms with E-state index in [4.69, 9.17) is 4.74 Å². The first kappa shape index (κ1) is 13.5. The summed E-state index contributed by atoms with van der Waals surface area (Å²) in [4.78, 5) is 15.6. The standard InChI is InChI=1S/C14H23NO3/c1-5-18-12(16)8-15-11-7-9-6-10(13(9,2)3)14(11,4)17/h9-10,17H,5-8H2,1-4H3/t9-,10+,14-/m1/s1. The molecule has 0 aromatic rings. The van der Waals surface area contributed by atoms with Crippen LogP contribution in [-0.2, 0) is 9.53 Å². The van der Waals surface area contributed by atoms with Crippen LogP contribution in [-0.4, -0.2) is 35.5 Å². The van der Waals surface area contributed by atoms with Gasteiger partial charge in [-0.3, -0.25) is 9.79 Å². The highest BCUT2D eigenvalue weighted by Gasteiger charge is 2.61. The van der Waals surface area contributed by atoms with E-state index in [0.717, 1.165) is 18.6 Å². The molecule has 1 N–H and O–H groups in total. The highest BCUT2D eigenvalue weighted by molar-refractivity contribution is 5.95. The quantitative estimate of drug-likeness (QED) is 0.780. The summed E-state index contributed by atoms with van der Waals surface area (Å²) >= 11 is 0. The topological polar surface area (TPSA) is 58.9 Å². The summed E-state index contributed by atoms with van der Waals surface area (Å²) in [6, 6.07) is 0. The fraction of sp³-hybridized carbons (Fsp3) is 0.857. The molecule has 102 valence electrons. The van der Waals surface area contributed by atoms with E-state index in [1.165, 1.54) is 0 Å². The van der Waals surface area contributed by atoms with Crippen molar-refractivity contribution in [3.05, 3.63) is 0 Å². The van der Waals surface area contributed by atoms with Gasteiger partial charge in [0.1, 0.15) is 12.1 Å². The predicted octanol–water partition coefficient (Wildman–Crippen LogP) is 1.81. The molecule has 0 aliphatic heterocycles. The molecule has 3 fully saturated rings. The molecule has 4 heteroatoms. The van der Waals surface area contributed by atoms with Gasteiger partial charge >= 0.3 is 5.97 Å². The first-order chi connectivity index (χ1) is 8.30. The SMILES string of the molecule is CCOC(=O)CN=C1C[C@H]2C[C@@H](C2(C)C)[C@@]1(C)O. The van der Waals surface area contributed by atoms with Crippen LogP contribution in [0.1, 0.15) is 40.5 Å². The van der Waals surface area contributed by atoms with Gasteiger partial charge in [0.25, 0.3) is 0 Å². The van der Waals surface area contributed by atoms with E-state index in [1.54, 1.807) is 6.92 Å². The Balaban J connectivity index is 2.08. The fourth-order valence-corrected chi connectivity index (χ4v) is 3.55. The number of aliphatic imine (C=N–C) groups is 1. The van der Waals surface area contributed by atoms with E-state index in [9.17, 15) is 9.90 Å². The Labute approximate surface area is 108 Å². The van der Waals surface area contributed by atoms with Crippen molar-refractivity contribution in [3.63, 3.8) is 0 Å². The Bertz CT molecular complexity index is 385. The lowest BCUT2D eigenvalue weighted by Gasteiger charge is -2.62. The number of carbonyl (C=O) groups is 1. The van der Waals surface area contributed by atoms with Crippen molar-refractivity contribution >= 4 is 11.7 Å². The highest BCUT2D eigenvalue weighted by atomic mass is 16.5. The Hall–Kier alpha value is -0.900. The lowest BCUT2D eigenvalue weighted by molar-refractivity contribution is -0.141. The molecule has 0 saturated heterocycles. The Morgan fingerprint density at radius 2 is 2.17 bits per heavy atom. The third-order valence-electron chi connectivity index (χ3n) is 4.88. The molecule has 4 nitrogen and oxygen atoms in total. The first-order valence-electron chi connectivity index (χ1n) is 6.72. The molecule has 0 amide bonds. The molecule has 0 aromatic carbocycles. The molecule has 0 radical (unpaired) electrons. The van der Waals surface area contributed by atoms with Crippen LogP contribution >= 0.6 is 0 Å². The number of hydrogen-bond donors (Lipinski definition) is 1. The van der Waals surface area contributed by atoms with Crippen LogP contribution in [0.15, 0.2) is 4.99 Å². The van der Waals surface area contributed by atoms with Crippen LogP contribution < -0.4 is 0 Å². The third kappa shape index (κ3) is 1.96. The first-order valence-corrected chi connectivity index (χ1v) is 6.72. The van der Waals surface area contributed by atoms with E-state index < -0.39 is 5.60 Å². The Morgan fingerprint density at radius 1 is 1.50 bits per heavy atom. The van der Waals surface area contributed by atoms with E-state index >= 15 is 0 Å². The summed E-state index contributed by atoms with van der Waals surface area (Å²) in [7, 11) is 0. The molecule has 3 atom stereocenters. The number of nitrogens with zero attached hydrogens (tertiary/aromatic N) is 1. The smallest absolute Gasteiger partial charge is 0.327 e. The summed E-state index contributed by atoms with van der Waals surface area (Å²) in [5.41, 5.74) is 0.0909. The molecule has 3 saturated carbocycles. The van der Waals surface area contributed by atoms with Gasteiger partial charge < -0.3 is 9.84 Å². The second kappa shape index (κ2) is 4.34. The summed E-state index contributed by atoms with van der Waals surface area (Å²) < 4.78 is 4.85. The molecule has 0 heterocycles. The van der Waals surface area contributed by atoms with Crippen molar-refractivity contribution in [3.8, 4) is 0 Å². The van der Waals surface area contributed by atoms with Crippen molar-refractivity contribution in [2.24, 2.45) is 22.2 Å². The van der Waals surface area contributed by atoms with Crippen LogP contribution in [0.25, 0.3) is 0 Å². The van der Waals surface area contributed by atoms with Crippen molar-refractivity contribution in [2.75, 3.05) is 13.2 Å². The molecule has 0 spiro atoms. The number of carbonyl (C=O) groups excluding carboxylic acids is 1. The molecule has 2 bridgehead atoms. The molecule has 3 rings (SSSR count). The highest BCUT2D eigenvalue weighted by Crippen LogP contribution is 2.61. The summed E-state index contributed by atoms with van der Waals surface area (Å²) in [6.07, 6.45) is 1.87. The van der Waals surface area contributed by atoms with Gasteiger partial charge in [-0.2, -0.15) is 0 Å². The zero-order valence-corrected chi connectivity index (χ0v) is 11.7. The minimum Gasteiger partial charge on any atom is -0.465 e. The minimum atomic E-state index is -0.870. The molecule has 0 aromatic heterocycles. The fourth-order valence-electron chi connectivity index (χ4n) is 3.55. The van der Waals surface area contributed by atoms with Gasteiger partial charge in [0.2, 0.25) is 0 Å². The van der Waals surface area contributed by atoms with Gasteiger partial charge in [-0.05, 0) is 43.9 Å². The molecular formula is C14H23NO3. The van der Waals surface area contributed by atoms with Crippen molar-refractivity contribution in [2.45, 2.75) is 46.1 Å². The van der Waals surface area contributed by atoms with Crippen LogP contribution in [0, 0.1) is 17.3 Å². The average Bonchev–Trinajstić information content (AvgIpc) is 2.26. The largest absolute Gasteiger partial charge is 0.465 e. The predicted molar refractivity (Wildman–Crippen MR) is 69.6 cm³/mol. The van der Waals surface area contributed by atoms with Crippen molar-refractivity contribution in [1.29, 1.82) is 0 Å². The number of rotatable bonds is 3. The van der Waals surface area contributed by atoms with Gasteiger partial charge in [0.05, 0.1) is 6.61 Å². The maximum absolute atomic E-state index is 11.3. The molecule has 3 aliphatic rings.